The third-order valence-corrected chi connectivity index (χ3v) is 4.88. The first-order valence-electron chi connectivity index (χ1n) is 9.90. The van der Waals surface area contributed by atoms with Gasteiger partial charge in [-0.25, -0.2) is 9.59 Å². The molecule has 0 saturated heterocycles. The number of hydrogen-bond donors (Lipinski definition) is 0. The summed E-state index contributed by atoms with van der Waals surface area (Å²) in [7, 11) is 6.26. The minimum atomic E-state index is -0.120. The van der Waals surface area contributed by atoms with Crippen LogP contribution in [-0.4, -0.2) is 46.7 Å². The summed E-state index contributed by atoms with van der Waals surface area (Å²) in [6.45, 7) is 0.984. The van der Waals surface area contributed by atoms with E-state index >= 15 is 0 Å². The zero-order chi connectivity index (χ0) is 23.1. The maximum Gasteiger partial charge on any atom is 0.332 e. The Labute approximate surface area is 184 Å². The zero-order valence-corrected chi connectivity index (χ0v) is 18.7. The lowest BCUT2D eigenvalue weighted by Gasteiger charge is -1.99. The number of hydrogen-bond acceptors (Lipinski definition) is 6. The van der Waals surface area contributed by atoms with Gasteiger partial charge < -0.3 is 18.9 Å². The van der Waals surface area contributed by atoms with E-state index in [0.717, 1.165) is 22.1 Å². The molecule has 4 aromatic rings. The van der Waals surface area contributed by atoms with Crippen LogP contribution >= 0.6 is 0 Å². The Morgan fingerprint density at radius 2 is 0.719 bits per heavy atom. The van der Waals surface area contributed by atoms with Crippen molar-refractivity contribution >= 4 is 22.1 Å². The van der Waals surface area contributed by atoms with Crippen LogP contribution in [0.1, 0.15) is 0 Å². The molecule has 0 bridgehead atoms. The fourth-order valence-electron chi connectivity index (χ4n) is 3.56. The third-order valence-electron chi connectivity index (χ3n) is 4.88. The lowest BCUT2D eigenvalue weighted by atomic mass is 10.3. The Hall–Kier alpha value is -3.18. The molecule has 10 heteroatoms. The van der Waals surface area contributed by atoms with E-state index in [0.29, 0.717) is 0 Å². The molecule has 10 nitrogen and oxygen atoms in total. The summed E-state index contributed by atoms with van der Waals surface area (Å²) in [5.41, 5.74) is 3.17. The molecule has 172 valence electrons. The van der Waals surface area contributed by atoms with Gasteiger partial charge in [0.05, 0.1) is 22.1 Å². The van der Waals surface area contributed by atoms with Crippen molar-refractivity contribution in [2.24, 2.45) is 0 Å². The van der Waals surface area contributed by atoms with Gasteiger partial charge in [-0.2, -0.15) is 0 Å². The van der Waals surface area contributed by atoms with E-state index in [1.165, 1.54) is 0 Å². The standard InChI is InChI=1S/2C11H14N2O3/c2*1-15-7-12-9-5-3-4-6-10(9)13(8-16-2)11(12)14/h2*3-6H,7-8H2,1-2H3. The smallest absolute Gasteiger partial charge is 0.332 e. The number of methoxy groups -OCH3 is 4. The molecule has 2 aromatic heterocycles. The number of ether oxygens (including phenoxy) is 4. The lowest BCUT2D eigenvalue weighted by molar-refractivity contribution is 0.117. The molecule has 2 heterocycles. The van der Waals surface area contributed by atoms with Gasteiger partial charge in [-0.3, -0.25) is 18.3 Å². The summed E-state index contributed by atoms with van der Waals surface area (Å²) < 4.78 is 26.4. The number of nitrogens with zero attached hydrogens (tertiary/aromatic N) is 4. The lowest BCUT2D eigenvalue weighted by Crippen LogP contribution is -2.25. The van der Waals surface area contributed by atoms with Crippen molar-refractivity contribution in [3.63, 3.8) is 0 Å². The van der Waals surface area contributed by atoms with Crippen LogP contribution < -0.4 is 11.4 Å². The number of para-hydroxylation sites is 4. The Bertz CT molecular complexity index is 1090. The first kappa shape index (κ1) is 23.5. The highest BCUT2D eigenvalue weighted by Crippen LogP contribution is 2.13. The summed E-state index contributed by atoms with van der Waals surface area (Å²) >= 11 is 0. The van der Waals surface area contributed by atoms with Crippen molar-refractivity contribution in [3.8, 4) is 0 Å². The zero-order valence-electron chi connectivity index (χ0n) is 18.7. The molecule has 0 saturated carbocycles. The van der Waals surface area contributed by atoms with Gasteiger partial charge in [0, 0.05) is 28.4 Å². The van der Waals surface area contributed by atoms with Crippen LogP contribution in [0.3, 0.4) is 0 Å². The van der Waals surface area contributed by atoms with Gasteiger partial charge in [0.25, 0.3) is 0 Å². The van der Waals surface area contributed by atoms with Crippen molar-refractivity contribution in [1.29, 1.82) is 0 Å². The normalized spacial score (nSPS) is 11.1. The van der Waals surface area contributed by atoms with E-state index in [1.807, 2.05) is 48.5 Å². The molecule has 0 radical (unpaired) electrons. The van der Waals surface area contributed by atoms with Gasteiger partial charge in [-0.05, 0) is 24.3 Å². The van der Waals surface area contributed by atoms with Gasteiger partial charge in [0.15, 0.2) is 0 Å². The van der Waals surface area contributed by atoms with Crippen molar-refractivity contribution in [1.82, 2.24) is 18.3 Å². The van der Waals surface area contributed by atoms with Gasteiger partial charge in [-0.15, -0.1) is 0 Å². The summed E-state index contributed by atoms with van der Waals surface area (Å²) in [6.07, 6.45) is 0. The highest BCUT2D eigenvalue weighted by Gasteiger charge is 2.12. The molecule has 4 rings (SSSR count). The highest BCUT2D eigenvalue weighted by molar-refractivity contribution is 5.76. The summed E-state index contributed by atoms with van der Waals surface area (Å²) in [6, 6.07) is 15.1. The molecule has 0 aliphatic carbocycles. The first-order valence-corrected chi connectivity index (χ1v) is 9.90. The molecule has 0 unspecified atom stereocenters. The topological polar surface area (TPSA) is 90.8 Å². The van der Waals surface area contributed by atoms with Gasteiger partial charge >= 0.3 is 11.4 Å². The molecule has 0 atom stereocenters. The highest BCUT2D eigenvalue weighted by atomic mass is 16.5. The summed E-state index contributed by atoms with van der Waals surface area (Å²) in [4.78, 5) is 24.1. The SMILES string of the molecule is COCn1c(=O)n(COC)c2ccccc21.COCn1c(=O)n(COC)c2ccccc21. The molecule has 32 heavy (non-hydrogen) atoms. The Morgan fingerprint density at radius 3 is 0.906 bits per heavy atom. The molecule has 0 spiro atoms. The number of aromatic nitrogens is 4. The van der Waals surface area contributed by atoms with Crippen LogP contribution in [-0.2, 0) is 45.9 Å². The van der Waals surface area contributed by atoms with E-state index in [2.05, 4.69) is 0 Å². The van der Waals surface area contributed by atoms with Crippen molar-refractivity contribution in [2.45, 2.75) is 26.9 Å². The quantitative estimate of drug-likeness (QED) is 0.413. The summed E-state index contributed by atoms with van der Waals surface area (Å²) in [5.74, 6) is 0. The molecule has 0 N–H and O–H groups in total. The Balaban J connectivity index is 0.000000181. The van der Waals surface area contributed by atoms with Crippen LogP contribution in [0.25, 0.3) is 22.1 Å². The molecule has 0 fully saturated rings. The predicted octanol–water partition coefficient (Wildman–Crippen LogP) is 2.02. The molecule has 0 aliphatic heterocycles. The Morgan fingerprint density at radius 1 is 0.500 bits per heavy atom. The summed E-state index contributed by atoms with van der Waals surface area (Å²) in [5, 5.41) is 0. The van der Waals surface area contributed by atoms with E-state index in [4.69, 9.17) is 18.9 Å². The van der Waals surface area contributed by atoms with Crippen LogP contribution in [0.4, 0.5) is 0 Å². The van der Waals surface area contributed by atoms with Gasteiger partial charge in [-0.1, -0.05) is 24.3 Å². The second kappa shape index (κ2) is 10.9. The average molecular weight is 444 g/mol. The first-order chi connectivity index (χ1) is 15.6. The van der Waals surface area contributed by atoms with E-state index < -0.39 is 0 Å². The largest absolute Gasteiger partial charge is 0.364 e. The molecular weight excluding hydrogens is 416 g/mol. The number of imidazole rings is 2. The van der Waals surface area contributed by atoms with Crippen LogP contribution in [0.2, 0.25) is 0 Å². The van der Waals surface area contributed by atoms with Gasteiger partial charge in [0.2, 0.25) is 0 Å². The van der Waals surface area contributed by atoms with E-state index in [-0.39, 0.29) is 38.3 Å². The Kier molecular flexibility index (Phi) is 8.01. The molecule has 2 aromatic carbocycles. The fraction of sp³-hybridized carbons (Fsp3) is 0.364. The maximum absolute atomic E-state index is 12.0. The second-order valence-corrected chi connectivity index (χ2v) is 6.93. The number of benzene rings is 2. The molecular formula is C22H28N4O6. The minimum absolute atomic E-state index is 0.120. The van der Waals surface area contributed by atoms with Crippen LogP contribution in [0.15, 0.2) is 58.1 Å². The van der Waals surface area contributed by atoms with Gasteiger partial charge in [0.1, 0.15) is 26.9 Å². The van der Waals surface area contributed by atoms with Crippen molar-refractivity contribution < 1.29 is 18.9 Å². The number of fused-ring (bicyclic) bond motifs is 2. The minimum Gasteiger partial charge on any atom is -0.364 e. The van der Waals surface area contributed by atoms with Crippen LogP contribution in [0, 0.1) is 0 Å². The van der Waals surface area contributed by atoms with E-state index in [1.54, 1.807) is 46.7 Å². The monoisotopic (exact) mass is 444 g/mol. The van der Waals surface area contributed by atoms with Crippen molar-refractivity contribution in [3.05, 3.63) is 69.5 Å². The maximum atomic E-state index is 12.0. The van der Waals surface area contributed by atoms with Crippen molar-refractivity contribution in [2.75, 3.05) is 28.4 Å². The molecule has 0 amide bonds. The van der Waals surface area contributed by atoms with Crippen LogP contribution in [0.5, 0.6) is 0 Å². The van der Waals surface area contributed by atoms with E-state index in [9.17, 15) is 9.59 Å². The fourth-order valence-corrected chi connectivity index (χ4v) is 3.56. The predicted molar refractivity (Wildman–Crippen MR) is 120 cm³/mol. The average Bonchev–Trinajstić information content (AvgIpc) is 3.23. The second-order valence-electron chi connectivity index (χ2n) is 6.93. The molecule has 0 aliphatic rings. The third kappa shape index (κ3) is 4.53. The number of rotatable bonds is 8.